The molecule has 0 spiro atoms. The van der Waals surface area contributed by atoms with E-state index in [1.807, 2.05) is 13.8 Å². The first-order valence-corrected chi connectivity index (χ1v) is 12.3. The van der Waals surface area contributed by atoms with Gasteiger partial charge in [-0.3, -0.25) is 19.2 Å². The predicted molar refractivity (Wildman–Crippen MR) is 139 cm³/mol. The summed E-state index contributed by atoms with van der Waals surface area (Å²) in [4.78, 5) is 67.2. The summed E-state index contributed by atoms with van der Waals surface area (Å²) >= 11 is 0. The van der Waals surface area contributed by atoms with Crippen LogP contribution < -0.4 is 21.7 Å². The number of carbonyl (C=O) groups excluding carboxylic acids is 5. The van der Waals surface area contributed by atoms with E-state index in [1.54, 1.807) is 41.5 Å². The second kappa shape index (κ2) is 9.91. The summed E-state index contributed by atoms with van der Waals surface area (Å²) < 4.78 is 74.0. The molecule has 208 valence electrons. The van der Waals surface area contributed by atoms with Gasteiger partial charge in [-0.1, -0.05) is 53.7 Å². The number of hydrogen-bond donors (Lipinski definition) is 4. The maximum absolute atomic E-state index is 14.1. The van der Waals surface area contributed by atoms with Crippen LogP contribution in [-0.4, -0.2) is 64.6 Å². The van der Waals surface area contributed by atoms with Gasteiger partial charge in [0.25, 0.3) is 5.91 Å². The molecule has 10 nitrogen and oxygen atoms in total. The van der Waals surface area contributed by atoms with Crippen molar-refractivity contribution in [3.8, 4) is 0 Å². The number of rotatable bonds is 8. The van der Waals surface area contributed by atoms with Gasteiger partial charge in [0.2, 0.25) is 17.6 Å². The number of Topliss-reactive ketones (excluding diaryl/α,β-unsaturated/α-hetero) is 1. The van der Waals surface area contributed by atoms with E-state index in [0.29, 0.717) is 0 Å². The number of fused-ring (bicyclic) bond motifs is 1. The molecule has 2 aliphatic carbocycles. The molecule has 0 aromatic carbocycles. The van der Waals surface area contributed by atoms with Gasteiger partial charge in [0.15, 0.2) is 0 Å². The summed E-state index contributed by atoms with van der Waals surface area (Å²) in [6.07, 6.45) is -14.2. The van der Waals surface area contributed by atoms with Crippen molar-refractivity contribution >= 4 is 29.5 Å². The van der Waals surface area contributed by atoms with Crippen molar-refractivity contribution in [2.75, 3.05) is 6.54 Å². The van der Waals surface area contributed by atoms with Gasteiger partial charge in [-0.15, -0.1) is 0 Å². The number of carbonyl (C=O) groups is 5. The van der Waals surface area contributed by atoms with Crippen LogP contribution in [0, 0.1) is 28.6 Å². The number of hydrogen-bond acceptors (Lipinski definition) is 5. The number of nitrogens with two attached hydrogens (primary N) is 1. The Labute approximate surface area is 232 Å². The third kappa shape index (κ3) is 6.26. The Kier molecular flexibility index (Phi) is 4.97. The Bertz CT molecular complexity index is 1320. The van der Waals surface area contributed by atoms with Crippen molar-refractivity contribution in [1.82, 2.24) is 20.9 Å². The molecule has 10 heteroatoms. The lowest BCUT2D eigenvalue weighted by Gasteiger charge is -2.38. The Hall–Kier alpha value is -2.65. The molecule has 0 bridgehead atoms. The van der Waals surface area contributed by atoms with Crippen molar-refractivity contribution in [3.05, 3.63) is 0 Å². The topological polar surface area (TPSA) is 151 Å². The summed E-state index contributed by atoms with van der Waals surface area (Å²) in [5, 5.41) is 7.43. The second-order valence-corrected chi connectivity index (χ2v) is 12.6. The van der Waals surface area contributed by atoms with Gasteiger partial charge in [0.1, 0.15) is 12.1 Å². The van der Waals surface area contributed by atoms with Gasteiger partial charge in [0.05, 0.1) is 6.04 Å². The molecule has 1 aliphatic heterocycles. The lowest BCUT2D eigenvalue weighted by molar-refractivity contribution is -0.145. The Morgan fingerprint density at radius 2 is 1.70 bits per heavy atom. The van der Waals surface area contributed by atoms with Gasteiger partial charge in [-0.25, -0.2) is 4.79 Å². The molecule has 3 rings (SSSR count). The van der Waals surface area contributed by atoms with Crippen LogP contribution in [0.5, 0.6) is 0 Å². The number of nitrogens with one attached hydrogen (secondary N) is 3. The van der Waals surface area contributed by atoms with Gasteiger partial charge >= 0.3 is 6.03 Å². The van der Waals surface area contributed by atoms with E-state index in [2.05, 4.69) is 16.0 Å². The van der Waals surface area contributed by atoms with Gasteiger partial charge in [-0.05, 0) is 55.7 Å². The summed E-state index contributed by atoms with van der Waals surface area (Å²) in [5.41, 5.74) is 3.15. The number of urea groups is 1. The van der Waals surface area contributed by atoms with E-state index in [4.69, 9.17) is 18.1 Å². The summed E-state index contributed by atoms with van der Waals surface area (Å²) in [6.45, 7) is 14.1. The molecule has 1 saturated heterocycles. The zero-order valence-electron chi connectivity index (χ0n) is 31.7. The first kappa shape index (κ1) is 18.6. The van der Waals surface area contributed by atoms with E-state index >= 15 is 0 Å². The molecule has 3 aliphatic rings. The van der Waals surface area contributed by atoms with E-state index in [0.717, 1.165) is 0 Å². The molecule has 0 aromatic rings. The number of ketones is 1. The van der Waals surface area contributed by atoms with E-state index < -0.39 is 101 Å². The summed E-state index contributed by atoms with van der Waals surface area (Å²) in [6, 6.07) is -5.89. The van der Waals surface area contributed by atoms with E-state index in [1.165, 1.54) is 4.90 Å². The zero-order chi connectivity index (χ0) is 36.2. The molecule has 0 aromatic heterocycles. The fourth-order valence-corrected chi connectivity index (χ4v) is 5.01. The average Bonchev–Trinajstić information content (AvgIpc) is 3.19. The monoisotopic (exact) mass is 528 g/mol. The minimum atomic E-state index is -3.74. The molecule has 37 heavy (non-hydrogen) atoms. The lowest BCUT2D eigenvalue weighted by atomic mass is 9.80. The van der Waals surface area contributed by atoms with Gasteiger partial charge in [0, 0.05) is 24.4 Å². The first-order valence-electron chi connectivity index (χ1n) is 16.8. The minimum absolute atomic E-state index is 0.0543. The van der Waals surface area contributed by atoms with Crippen LogP contribution in [0.1, 0.15) is 93.2 Å². The van der Waals surface area contributed by atoms with Crippen molar-refractivity contribution in [2.45, 2.75) is 105 Å². The van der Waals surface area contributed by atoms with E-state index in [9.17, 15) is 24.0 Å². The maximum atomic E-state index is 14.1. The molecule has 3 fully saturated rings. The summed E-state index contributed by atoms with van der Waals surface area (Å²) in [7, 11) is 0. The Morgan fingerprint density at radius 1 is 1.11 bits per heavy atom. The average molecular weight is 529 g/mol. The SMILES string of the molecule is [2H]C([2H])(C(NC(=O)[C@@H]1[C@@H]2[C@H](CN1C(=O)[C@@H](NC(=O)NC(C)(C)C)C(C)(C)C)C2(C)C)C(=O)C(N)=O)C1([2H])C([2H])([2H])C([2H])([2H])C1([2H])[2H]. The van der Waals surface area contributed by atoms with Crippen LogP contribution in [0.4, 0.5) is 4.79 Å². The fourth-order valence-electron chi connectivity index (χ4n) is 5.01. The second-order valence-electron chi connectivity index (χ2n) is 12.6. The van der Waals surface area contributed by atoms with Crippen LogP contribution in [0.25, 0.3) is 0 Å². The van der Waals surface area contributed by atoms with Crippen molar-refractivity contribution < 1.29 is 36.3 Å². The summed E-state index contributed by atoms with van der Waals surface area (Å²) in [5.74, 6) is -9.76. The molecule has 5 atom stereocenters. The molecular formula is C27H45N5O5. The molecule has 5 N–H and O–H groups in total. The van der Waals surface area contributed by atoms with Crippen molar-refractivity contribution in [1.29, 1.82) is 0 Å². The molecule has 5 amide bonds. The smallest absolute Gasteiger partial charge is 0.315 e. The minimum Gasteiger partial charge on any atom is -0.363 e. The Balaban J connectivity index is 2.04. The van der Waals surface area contributed by atoms with Crippen LogP contribution in [0.3, 0.4) is 0 Å². The van der Waals surface area contributed by atoms with Crippen LogP contribution in [0.2, 0.25) is 0 Å². The molecule has 0 radical (unpaired) electrons. The highest BCUT2D eigenvalue weighted by Gasteiger charge is 2.70. The molecule has 1 heterocycles. The van der Waals surface area contributed by atoms with Crippen molar-refractivity contribution in [2.24, 2.45) is 34.3 Å². The van der Waals surface area contributed by atoms with Gasteiger partial charge in [-0.2, -0.15) is 0 Å². The van der Waals surface area contributed by atoms with Crippen LogP contribution in [-0.2, 0) is 19.2 Å². The first-order chi connectivity index (χ1) is 20.2. The number of likely N-dealkylation sites (tertiary alicyclic amines) is 1. The number of piperidine rings is 1. The molecule has 2 saturated carbocycles. The predicted octanol–water partition coefficient (Wildman–Crippen LogP) is 1.71. The maximum Gasteiger partial charge on any atom is 0.315 e. The zero-order valence-corrected chi connectivity index (χ0v) is 22.7. The molecule has 1 unspecified atom stereocenters. The normalized spacial score (nSPS) is 35.2. The third-order valence-corrected chi connectivity index (χ3v) is 7.09. The largest absolute Gasteiger partial charge is 0.363 e. The van der Waals surface area contributed by atoms with Gasteiger partial charge < -0.3 is 26.6 Å². The van der Waals surface area contributed by atoms with Crippen molar-refractivity contribution in [3.63, 3.8) is 0 Å². The van der Waals surface area contributed by atoms with Crippen LogP contribution in [0.15, 0.2) is 0 Å². The van der Waals surface area contributed by atoms with Crippen LogP contribution >= 0.6 is 0 Å². The highest BCUT2D eigenvalue weighted by molar-refractivity contribution is 6.37. The lowest BCUT2D eigenvalue weighted by Crippen LogP contribution is -2.62. The third-order valence-electron chi connectivity index (χ3n) is 7.09. The molecular weight excluding hydrogens is 474 g/mol. The number of primary amides is 1. The number of nitrogens with zero attached hydrogens (tertiary/aromatic N) is 1. The Morgan fingerprint density at radius 3 is 2.22 bits per heavy atom. The highest BCUT2D eigenvalue weighted by Crippen LogP contribution is 2.65. The number of amides is 5. The standard InChI is InChI=1S/C27H45N5O5/c1-25(2,3)20(30-24(37)31-26(4,5)6)23(36)32-13-15-17(27(15,7)8)18(32)22(35)29-16(19(33)21(28)34)12-14-10-9-11-14/h14-18,20H,9-13H2,1-8H3,(H2,28,34)(H,29,35)(H2,30,31,37)/t15-,16?,17-,18-,20+/m0/s1/i9D2,10D2,11D2,12D2,14D. The quantitative estimate of drug-likeness (QED) is 0.354. The van der Waals surface area contributed by atoms with E-state index in [-0.39, 0.29) is 12.5 Å². The fraction of sp³-hybridized carbons (Fsp3) is 0.815. The highest BCUT2D eigenvalue weighted by atomic mass is 16.2.